The second kappa shape index (κ2) is 13.1. The topological polar surface area (TPSA) is 0 Å². The molecule has 0 saturated heterocycles. The molecule has 210 valence electrons. The molecule has 1 atom stereocenters. The molecule has 0 heterocycles. The Balaban J connectivity index is 0.00000187. The van der Waals surface area contributed by atoms with Gasteiger partial charge in [-0.25, -0.2) is 0 Å². The normalized spacial score (nSPS) is 15.0. The van der Waals surface area contributed by atoms with Gasteiger partial charge in [-0.15, -0.1) is 31.4 Å². The first-order valence-corrected chi connectivity index (χ1v) is 13.9. The van der Waals surface area contributed by atoms with Crippen LogP contribution in [-0.4, -0.2) is 0 Å². The van der Waals surface area contributed by atoms with Gasteiger partial charge in [0.05, 0.1) is 0 Å². The molecule has 0 fully saturated rings. The predicted octanol–water partition coefficient (Wildman–Crippen LogP) is 10.8. The van der Waals surface area contributed by atoms with Crippen LogP contribution in [0.15, 0.2) is 97.1 Å². The Hall–Kier alpha value is -1.66. The summed E-state index contributed by atoms with van der Waals surface area (Å²) in [6.45, 7) is 18.2. The molecule has 0 nitrogen and oxygen atoms in total. The molecule has 2 aliphatic rings. The van der Waals surface area contributed by atoms with E-state index >= 15 is 0 Å². The van der Waals surface area contributed by atoms with E-state index in [0.29, 0.717) is 0 Å². The molecule has 0 spiro atoms. The molecule has 5 rings (SSSR count). The second-order valence-corrected chi connectivity index (χ2v) is 13.0. The Labute approximate surface area is 274 Å². The Morgan fingerprint density at radius 2 is 1.48 bits per heavy atom. The fraction of sp³-hybridized carbons (Fsp3) is 0.351. The zero-order chi connectivity index (χ0) is 26.4. The van der Waals surface area contributed by atoms with E-state index in [-0.39, 0.29) is 67.3 Å². The van der Waals surface area contributed by atoms with Gasteiger partial charge in [0.2, 0.25) is 0 Å². The van der Waals surface area contributed by atoms with Crippen molar-refractivity contribution in [2.45, 2.75) is 83.5 Å². The summed E-state index contributed by atoms with van der Waals surface area (Å²) in [5.41, 5.74) is 13.1. The van der Waals surface area contributed by atoms with E-state index in [1.807, 2.05) is 0 Å². The van der Waals surface area contributed by atoms with E-state index in [9.17, 15) is 0 Å². The molecule has 3 aromatic carbocycles. The van der Waals surface area contributed by atoms with Crippen molar-refractivity contribution in [3.05, 3.63) is 131 Å². The number of rotatable bonds is 6. The van der Waals surface area contributed by atoms with Gasteiger partial charge in [0.1, 0.15) is 0 Å². The van der Waals surface area contributed by atoms with Crippen molar-refractivity contribution in [3.8, 4) is 11.1 Å². The Kier molecular flexibility index (Phi) is 11.3. The van der Waals surface area contributed by atoms with Crippen molar-refractivity contribution < 1.29 is 26.2 Å². The van der Waals surface area contributed by atoms with Crippen LogP contribution in [0, 0.1) is 0 Å². The van der Waals surface area contributed by atoms with Crippen molar-refractivity contribution in [2.24, 2.45) is 0 Å². The van der Waals surface area contributed by atoms with Crippen molar-refractivity contribution in [1.82, 2.24) is 0 Å². The van der Waals surface area contributed by atoms with Gasteiger partial charge in [0, 0.05) is 31.6 Å². The van der Waals surface area contributed by atoms with Crippen LogP contribution in [0.25, 0.3) is 11.1 Å². The van der Waals surface area contributed by atoms with Gasteiger partial charge in [0.25, 0.3) is 0 Å². The first kappa shape index (κ1) is 34.5. The van der Waals surface area contributed by atoms with E-state index in [1.54, 1.807) is 0 Å². The molecular formula is C37H44Cl2Zr. The molecule has 0 aromatic heterocycles. The molecule has 40 heavy (non-hydrogen) atoms. The summed E-state index contributed by atoms with van der Waals surface area (Å²) < 4.78 is 0. The maximum Gasteiger partial charge on any atom is 0.0426 e. The average Bonchev–Trinajstić information content (AvgIpc) is 3.52. The van der Waals surface area contributed by atoms with E-state index in [4.69, 9.17) is 0 Å². The van der Waals surface area contributed by atoms with Gasteiger partial charge >= 0.3 is 0 Å². The summed E-state index contributed by atoms with van der Waals surface area (Å²) in [6.07, 6.45) is 13.1. The summed E-state index contributed by atoms with van der Waals surface area (Å²) in [4.78, 5) is 0. The van der Waals surface area contributed by atoms with Crippen LogP contribution in [0.5, 0.6) is 0 Å². The first-order chi connectivity index (χ1) is 17.6. The minimum Gasteiger partial charge on any atom is -0.147 e. The molecular weight excluding hydrogens is 607 g/mol. The predicted molar refractivity (Wildman–Crippen MR) is 175 cm³/mol. The Morgan fingerprint density at radius 3 is 2.05 bits per heavy atom. The Morgan fingerprint density at radius 1 is 0.800 bits per heavy atom. The number of hydrogen-bond donors (Lipinski definition) is 0. The zero-order valence-electron chi connectivity index (χ0n) is 24.9. The number of halogens is 2. The quantitative estimate of drug-likeness (QED) is 0.182. The largest absolute Gasteiger partial charge is 0.147 e. The average molecular weight is 651 g/mol. The molecule has 2 aliphatic carbocycles. The van der Waals surface area contributed by atoms with Crippen molar-refractivity contribution in [2.75, 3.05) is 0 Å². The smallest absolute Gasteiger partial charge is 0.0426 e. The minimum absolute atomic E-state index is 0. The standard InChI is InChI=1S/C37H42.2ClH.Zr/c1-8-9-23-37(28-17-13-14-18-28,27-15-11-10-12-16-27)34-32-25-26-24-29(35(2,3)4)19-20-30(26)31(32)21-22-33(34)36(5,6)7;;;/h8,10-17,19-22,24H,1,9,18,23,25H2,2-7H3;2*1H;. The van der Waals surface area contributed by atoms with Crippen LogP contribution >= 0.6 is 24.8 Å². The fourth-order valence-electron chi connectivity index (χ4n) is 6.58. The third-order valence-corrected chi connectivity index (χ3v) is 8.49. The maximum atomic E-state index is 4.15. The van der Waals surface area contributed by atoms with Gasteiger partial charge in [-0.3, -0.25) is 0 Å². The van der Waals surface area contributed by atoms with Gasteiger partial charge in [-0.05, 0) is 81.0 Å². The van der Waals surface area contributed by atoms with E-state index < -0.39 is 0 Å². The first-order valence-electron chi connectivity index (χ1n) is 13.9. The fourth-order valence-corrected chi connectivity index (χ4v) is 6.58. The molecule has 3 heteroatoms. The molecule has 0 aliphatic heterocycles. The molecule has 0 amide bonds. The van der Waals surface area contributed by atoms with Crippen LogP contribution in [0.2, 0.25) is 0 Å². The second-order valence-electron chi connectivity index (χ2n) is 13.0. The van der Waals surface area contributed by atoms with Crippen LogP contribution < -0.4 is 0 Å². The summed E-state index contributed by atoms with van der Waals surface area (Å²) in [5, 5.41) is 0. The number of hydrogen-bond acceptors (Lipinski definition) is 0. The number of benzene rings is 3. The Bertz CT molecular complexity index is 1400. The van der Waals surface area contributed by atoms with E-state index in [0.717, 1.165) is 25.7 Å². The van der Waals surface area contributed by atoms with Gasteiger partial charge in [-0.2, -0.15) is 0 Å². The zero-order valence-corrected chi connectivity index (χ0v) is 29.0. The van der Waals surface area contributed by atoms with E-state index in [1.165, 1.54) is 50.1 Å². The van der Waals surface area contributed by atoms with Gasteiger partial charge in [-0.1, -0.05) is 132 Å². The number of fused-ring (bicyclic) bond motifs is 3. The molecule has 1 unspecified atom stereocenters. The van der Waals surface area contributed by atoms with Crippen molar-refractivity contribution in [3.63, 3.8) is 0 Å². The summed E-state index contributed by atoms with van der Waals surface area (Å²) >= 11 is 0. The molecule has 0 N–H and O–H groups in total. The molecule has 0 bridgehead atoms. The van der Waals surface area contributed by atoms with Crippen LogP contribution in [-0.2, 0) is 48.9 Å². The van der Waals surface area contributed by atoms with Crippen LogP contribution in [0.3, 0.4) is 0 Å². The van der Waals surface area contributed by atoms with Crippen LogP contribution in [0.4, 0.5) is 0 Å². The molecule has 0 radical (unpaired) electrons. The summed E-state index contributed by atoms with van der Waals surface area (Å²) in [5.74, 6) is 0. The SMILES string of the molecule is C=CCCC(C1=CC=CC1)(c1ccccc1)c1c(C(C)(C)C)ccc2c1Cc1cc(C(C)(C)C)ccc1-2.Cl.Cl.[Zr]. The third-order valence-electron chi connectivity index (χ3n) is 8.49. The van der Waals surface area contributed by atoms with Crippen molar-refractivity contribution >= 4 is 24.8 Å². The summed E-state index contributed by atoms with van der Waals surface area (Å²) in [6, 6.07) is 23.3. The van der Waals surface area contributed by atoms with Crippen LogP contribution in [0.1, 0.15) is 94.2 Å². The van der Waals surface area contributed by atoms with Crippen molar-refractivity contribution in [1.29, 1.82) is 0 Å². The maximum absolute atomic E-state index is 4.15. The minimum atomic E-state index is -0.193. The third kappa shape index (κ3) is 6.09. The van der Waals surface area contributed by atoms with Gasteiger partial charge < -0.3 is 0 Å². The van der Waals surface area contributed by atoms with E-state index in [2.05, 4.69) is 133 Å². The van der Waals surface area contributed by atoms with Gasteiger partial charge in [0.15, 0.2) is 0 Å². The summed E-state index contributed by atoms with van der Waals surface area (Å²) in [7, 11) is 0. The molecule has 0 saturated carbocycles. The number of allylic oxidation sites excluding steroid dienone is 5. The monoisotopic (exact) mass is 648 g/mol. The molecule has 3 aromatic rings.